The average Bonchev–Trinajstić information content (AvgIpc) is 3.14. The van der Waals surface area contributed by atoms with E-state index < -0.39 is 0 Å². The van der Waals surface area contributed by atoms with Crippen LogP contribution in [0.15, 0.2) is 30.3 Å². The van der Waals surface area contributed by atoms with Crippen molar-refractivity contribution in [3.05, 3.63) is 41.6 Å². The number of aromatic nitrogens is 2. The number of benzene rings is 1. The maximum absolute atomic E-state index is 9.63. The Kier molecular flexibility index (Phi) is 5.67. The summed E-state index contributed by atoms with van der Waals surface area (Å²) in [6, 6.07) is 9.19. The molecule has 0 saturated carbocycles. The van der Waals surface area contributed by atoms with Gasteiger partial charge in [-0.2, -0.15) is 4.98 Å². The SMILES string of the molecule is CN(Cc1cccc(O)c1)c1cc([C@@H]2CCOC2)nc(NCCO)n1. The Morgan fingerprint density at radius 3 is 2.92 bits per heavy atom. The number of phenols is 1. The summed E-state index contributed by atoms with van der Waals surface area (Å²) < 4.78 is 5.48. The van der Waals surface area contributed by atoms with E-state index in [1.165, 1.54) is 0 Å². The standard InChI is InChI=1S/C18H24N4O3/c1-22(11-13-3-2-4-15(24)9-13)17-10-16(14-5-8-25-12-14)20-18(21-17)19-6-7-23/h2-4,9-10,14,23-24H,5-8,11-12H2,1H3,(H,19,20,21)/t14-/m1/s1. The minimum Gasteiger partial charge on any atom is -0.508 e. The highest BCUT2D eigenvalue weighted by Crippen LogP contribution is 2.27. The molecule has 0 bridgehead atoms. The summed E-state index contributed by atoms with van der Waals surface area (Å²) in [5.74, 6) is 1.82. The van der Waals surface area contributed by atoms with Crippen LogP contribution < -0.4 is 10.2 Å². The van der Waals surface area contributed by atoms with Crippen molar-refractivity contribution in [1.29, 1.82) is 0 Å². The molecule has 1 aromatic carbocycles. The van der Waals surface area contributed by atoms with Gasteiger partial charge in [0.1, 0.15) is 11.6 Å². The van der Waals surface area contributed by atoms with E-state index >= 15 is 0 Å². The molecule has 0 unspecified atom stereocenters. The van der Waals surface area contributed by atoms with Gasteiger partial charge in [0.25, 0.3) is 0 Å². The van der Waals surface area contributed by atoms with Gasteiger partial charge in [0, 0.05) is 38.7 Å². The molecule has 0 radical (unpaired) electrons. The van der Waals surface area contributed by atoms with Crippen LogP contribution in [0.5, 0.6) is 5.75 Å². The van der Waals surface area contributed by atoms with Crippen LogP contribution >= 0.6 is 0 Å². The second-order valence-electron chi connectivity index (χ2n) is 6.21. The number of hydrogen-bond acceptors (Lipinski definition) is 7. The van der Waals surface area contributed by atoms with Crippen molar-refractivity contribution in [3.63, 3.8) is 0 Å². The summed E-state index contributed by atoms with van der Waals surface area (Å²) in [5, 5.41) is 21.7. The van der Waals surface area contributed by atoms with Crippen molar-refractivity contribution >= 4 is 11.8 Å². The van der Waals surface area contributed by atoms with E-state index in [4.69, 9.17) is 9.84 Å². The fourth-order valence-corrected chi connectivity index (χ4v) is 2.88. The van der Waals surface area contributed by atoms with Crippen molar-refractivity contribution < 1.29 is 14.9 Å². The minimum atomic E-state index is 0.0224. The molecule has 1 aliphatic heterocycles. The lowest BCUT2D eigenvalue weighted by Crippen LogP contribution is -2.20. The largest absolute Gasteiger partial charge is 0.508 e. The lowest BCUT2D eigenvalue weighted by molar-refractivity contribution is 0.193. The molecule has 3 N–H and O–H groups in total. The first-order chi connectivity index (χ1) is 12.2. The number of nitrogens with zero attached hydrogens (tertiary/aromatic N) is 3. The van der Waals surface area contributed by atoms with Gasteiger partial charge in [0.15, 0.2) is 0 Å². The lowest BCUT2D eigenvalue weighted by atomic mass is 10.0. The van der Waals surface area contributed by atoms with Gasteiger partial charge >= 0.3 is 0 Å². The van der Waals surface area contributed by atoms with Gasteiger partial charge in [-0.15, -0.1) is 0 Å². The second-order valence-corrected chi connectivity index (χ2v) is 6.21. The monoisotopic (exact) mass is 344 g/mol. The van der Waals surface area contributed by atoms with Crippen LogP contribution in [0, 0.1) is 0 Å². The summed E-state index contributed by atoms with van der Waals surface area (Å²) in [5.41, 5.74) is 1.95. The molecule has 1 aromatic heterocycles. The summed E-state index contributed by atoms with van der Waals surface area (Å²) in [6.07, 6.45) is 0.951. The molecule has 1 fully saturated rings. The smallest absolute Gasteiger partial charge is 0.224 e. The number of nitrogens with one attached hydrogen (secondary N) is 1. The van der Waals surface area contributed by atoms with E-state index in [0.29, 0.717) is 25.6 Å². The maximum Gasteiger partial charge on any atom is 0.224 e. The third-order valence-electron chi connectivity index (χ3n) is 4.20. The van der Waals surface area contributed by atoms with E-state index in [0.717, 1.165) is 30.1 Å². The van der Waals surface area contributed by atoms with Crippen LogP contribution in [0.4, 0.5) is 11.8 Å². The Morgan fingerprint density at radius 2 is 2.20 bits per heavy atom. The normalized spacial score (nSPS) is 16.8. The van der Waals surface area contributed by atoms with Crippen molar-refractivity contribution in [2.75, 3.05) is 43.6 Å². The van der Waals surface area contributed by atoms with Crippen LogP contribution in [-0.2, 0) is 11.3 Å². The van der Waals surface area contributed by atoms with E-state index in [9.17, 15) is 5.11 Å². The molecule has 25 heavy (non-hydrogen) atoms. The Labute approximate surface area is 147 Å². The van der Waals surface area contributed by atoms with Gasteiger partial charge in [-0.05, 0) is 24.1 Å². The molecule has 0 amide bonds. The summed E-state index contributed by atoms with van der Waals surface area (Å²) in [4.78, 5) is 11.1. The number of ether oxygens (including phenoxy) is 1. The van der Waals surface area contributed by atoms with Gasteiger partial charge in [0.05, 0.1) is 18.9 Å². The fraction of sp³-hybridized carbons (Fsp3) is 0.444. The number of aromatic hydroxyl groups is 1. The molecule has 3 rings (SSSR count). The lowest BCUT2D eigenvalue weighted by Gasteiger charge is -2.21. The van der Waals surface area contributed by atoms with Crippen LogP contribution in [0.1, 0.15) is 23.6 Å². The van der Waals surface area contributed by atoms with E-state index in [1.54, 1.807) is 12.1 Å². The molecule has 7 heteroatoms. The highest BCUT2D eigenvalue weighted by molar-refractivity contribution is 5.46. The van der Waals surface area contributed by atoms with Crippen molar-refractivity contribution in [1.82, 2.24) is 9.97 Å². The third kappa shape index (κ3) is 4.58. The summed E-state index contributed by atoms with van der Waals surface area (Å²) >= 11 is 0. The fourth-order valence-electron chi connectivity index (χ4n) is 2.88. The highest BCUT2D eigenvalue weighted by atomic mass is 16.5. The first-order valence-corrected chi connectivity index (χ1v) is 8.46. The molecule has 1 atom stereocenters. The zero-order valence-corrected chi connectivity index (χ0v) is 14.4. The number of aliphatic hydroxyl groups is 1. The number of anilines is 2. The molecule has 0 aliphatic carbocycles. The van der Waals surface area contributed by atoms with Gasteiger partial charge < -0.3 is 25.2 Å². The Balaban J connectivity index is 1.83. The van der Waals surface area contributed by atoms with Crippen LogP contribution in [0.2, 0.25) is 0 Å². The molecule has 1 saturated heterocycles. The molecular formula is C18H24N4O3. The predicted octanol–water partition coefficient (Wildman–Crippen LogP) is 1.73. The van der Waals surface area contributed by atoms with Crippen LogP contribution in [-0.4, -0.2) is 53.6 Å². The van der Waals surface area contributed by atoms with Crippen molar-refractivity contribution in [2.45, 2.75) is 18.9 Å². The number of rotatable bonds is 7. The second kappa shape index (κ2) is 8.13. The molecule has 1 aliphatic rings. The van der Waals surface area contributed by atoms with Gasteiger partial charge in [0.2, 0.25) is 5.95 Å². The summed E-state index contributed by atoms with van der Waals surface area (Å²) in [7, 11) is 1.96. The van der Waals surface area contributed by atoms with E-state index in [-0.39, 0.29) is 18.3 Å². The first kappa shape index (κ1) is 17.4. The predicted molar refractivity (Wildman–Crippen MR) is 96.0 cm³/mol. The number of phenolic OH excluding ortho intramolecular Hbond substituents is 1. The highest BCUT2D eigenvalue weighted by Gasteiger charge is 2.21. The minimum absolute atomic E-state index is 0.0224. The number of hydrogen-bond donors (Lipinski definition) is 3. The summed E-state index contributed by atoms with van der Waals surface area (Å²) in [6.45, 7) is 2.47. The zero-order valence-electron chi connectivity index (χ0n) is 14.4. The van der Waals surface area contributed by atoms with Crippen LogP contribution in [0.25, 0.3) is 0 Å². The Hall–Kier alpha value is -2.38. The van der Waals surface area contributed by atoms with Crippen LogP contribution in [0.3, 0.4) is 0 Å². The number of aliphatic hydroxyl groups excluding tert-OH is 1. The van der Waals surface area contributed by atoms with Gasteiger partial charge in [-0.3, -0.25) is 0 Å². The van der Waals surface area contributed by atoms with E-state index in [1.807, 2.05) is 30.1 Å². The topological polar surface area (TPSA) is 90.7 Å². The quantitative estimate of drug-likeness (QED) is 0.704. The average molecular weight is 344 g/mol. The molecular weight excluding hydrogens is 320 g/mol. The molecule has 134 valence electrons. The maximum atomic E-state index is 9.63. The first-order valence-electron chi connectivity index (χ1n) is 8.46. The Bertz CT molecular complexity index is 704. The molecule has 7 nitrogen and oxygen atoms in total. The van der Waals surface area contributed by atoms with Gasteiger partial charge in [-0.1, -0.05) is 12.1 Å². The molecule has 2 aromatic rings. The Morgan fingerprint density at radius 1 is 1.32 bits per heavy atom. The third-order valence-corrected chi connectivity index (χ3v) is 4.20. The molecule has 0 spiro atoms. The van der Waals surface area contributed by atoms with E-state index in [2.05, 4.69) is 15.3 Å². The van der Waals surface area contributed by atoms with Gasteiger partial charge in [-0.25, -0.2) is 4.98 Å². The molecule has 2 heterocycles. The van der Waals surface area contributed by atoms with Crippen molar-refractivity contribution in [2.24, 2.45) is 0 Å². The van der Waals surface area contributed by atoms with Crippen molar-refractivity contribution in [3.8, 4) is 5.75 Å². The zero-order chi connectivity index (χ0) is 17.6.